The van der Waals surface area contributed by atoms with Crippen LogP contribution < -0.4 is 5.73 Å². The van der Waals surface area contributed by atoms with Gasteiger partial charge in [0.1, 0.15) is 0 Å². The molecule has 1 aliphatic heterocycles. The SMILES string of the molecule is NC(=S)CCCCN1CCCCCC1=O. The van der Waals surface area contributed by atoms with Crippen LogP contribution in [0.5, 0.6) is 0 Å². The molecule has 0 bridgehead atoms. The van der Waals surface area contributed by atoms with Crippen molar-refractivity contribution < 1.29 is 4.79 Å². The zero-order valence-corrected chi connectivity index (χ0v) is 10.0. The number of likely N-dealkylation sites (tertiary alicyclic amines) is 1. The molecule has 86 valence electrons. The van der Waals surface area contributed by atoms with Crippen molar-refractivity contribution in [3.63, 3.8) is 0 Å². The van der Waals surface area contributed by atoms with Gasteiger partial charge in [0.25, 0.3) is 0 Å². The predicted molar refractivity (Wildman–Crippen MR) is 65.7 cm³/mol. The van der Waals surface area contributed by atoms with E-state index in [1.165, 1.54) is 6.42 Å². The van der Waals surface area contributed by atoms with Crippen LogP contribution in [-0.4, -0.2) is 28.9 Å². The Morgan fingerprint density at radius 3 is 2.87 bits per heavy atom. The van der Waals surface area contributed by atoms with Crippen molar-refractivity contribution in [2.45, 2.75) is 44.9 Å². The van der Waals surface area contributed by atoms with Crippen molar-refractivity contribution in [3.05, 3.63) is 0 Å². The molecule has 0 saturated carbocycles. The number of unbranched alkanes of at least 4 members (excludes halogenated alkanes) is 1. The summed E-state index contributed by atoms with van der Waals surface area (Å²) in [6, 6.07) is 0. The van der Waals surface area contributed by atoms with Gasteiger partial charge in [0.15, 0.2) is 0 Å². The van der Waals surface area contributed by atoms with Crippen molar-refractivity contribution in [1.29, 1.82) is 0 Å². The standard InChI is InChI=1S/C11H20N2OS/c12-10(15)6-3-5-9-13-8-4-1-2-7-11(13)14/h1-9H2,(H2,12,15). The maximum Gasteiger partial charge on any atom is 0.222 e. The third-order valence-corrected chi connectivity index (χ3v) is 2.98. The number of carbonyl (C=O) groups is 1. The topological polar surface area (TPSA) is 46.3 Å². The molecule has 1 aliphatic rings. The van der Waals surface area contributed by atoms with Gasteiger partial charge in [-0.25, -0.2) is 0 Å². The fraction of sp³-hybridized carbons (Fsp3) is 0.818. The number of thiocarbonyl (C=S) groups is 1. The molecule has 2 N–H and O–H groups in total. The second-order valence-electron chi connectivity index (χ2n) is 4.11. The van der Waals surface area contributed by atoms with Crippen LogP contribution in [0, 0.1) is 0 Å². The van der Waals surface area contributed by atoms with Crippen molar-refractivity contribution in [1.82, 2.24) is 4.90 Å². The zero-order chi connectivity index (χ0) is 11.1. The van der Waals surface area contributed by atoms with E-state index in [1.807, 2.05) is 4.90 Å². The average Bonchev–Trinajstić information content (AvgIpc) is 2.38. The number of amides is 1. The van der Waals surface area contributed by atoms with Gasteiger partial charge >= 0.3 is 0 Å². The fourth-order valence-corrected chi connectivity index (χ4v) is 2.02. The summed E-state index contributed by atoms with van der Waals surface area (Å²) in [7, 11) is 0. The smallest absolute Gasteiger partial charge is 0.222 e. The Hall–Kier alpha value is -0.640. The molecule has 1 rings (SSSR count). The summed E-state index contributed by atoms with van der Waals surface area (Å²) in [5, 5.41) is 0. The van der Waals surface area contributed by atoms with Crippen LogP contribution in [0.3, 0.4) is 0 Å². The van der Waals surface area contributed by atoms with Crippen LogP contribution in [0.4, 0.5) is 0 Å². The van der Waals surface area contributed by atoms with Crippen molar-refractivity contribution in [3.8, 4) is 0 Å². The van der Waals surface area contributed by atoms with E-state index in [-0.39, 0.29) is 0 Å². The molecule has 0 unspecified atom stereocenters. The monoisotopic (exact) mass is 228 g/mol. The first-order valence-electron chi connectivity index (χ1n) is 5.76. The summed E-state index contributed by atoms with van der Waals surface area (Å²) in [4.78, 5) is 14.2. The first-order chi connectivity index (χ1) is 7.20. The van der Waals surface area contributed by atoms with Crippen molar-refractivity contribution >= 4 is 23.1 Å². The first-order valence-corrected chi connectivity index (χ1v) is 6.17. The Morgan fingerprint density at radius 2 is 2.13 bits per heavy atom. The number of nitrogens with two attached hydrogens (primary N) is 1. The number of carbonyl (C=O) groups excluding carboxylic acids is 1. The fourth-order valence-electron chi connectivity index (χ4n) is 1.88. The first kappa shape index (κ1) is 12.4. The molecule has 0 radical (unpaired) electrons. The highest BCUT2D eigenvalue weighted by molar-refractivity contribution is 7.80. The van der Waals surface area contributed by atoms with Crippen LogP contribution >= 0.6 is 12.2 Å². The molecule has 0 spiro atoms. The van der Waals surface area contributed by atoms with E-state index < -0.39 is 0 Å². The number of rotatable bonds is 5. The molecule has 0 atom stereocenters. The summed E-state index contributed by atoms with van der Waals surface area (Å²) in [6.07, 6.45) is 6.95. The van der Waals surface area contributed by atoms with Gasteiger partial charge < -0.3 is 10.6 Å². The van der Waals surface area contributed by atoms with Gasteiger partial charge in [-0.05, 0) is 32.1 Å². The minimum atomic E-state index is 0.322. The van der Waals surface area contributed by atoms with Crippen LogP contribution in [0.2, 0.25) is 0 Å². The van der Waals surface area contributed by atoms with E-state index in [9.17, 15) is 4.79 Å². The minimum absolute atomic E-state index is 0.322. The average molecular weight is 228 g/mol. The quantitative estimate of drug-likeness (QED) is 0.577. The second-order valence-corrected chi connectivity index (χ2v) is 4.64. The van der Waals surface area contributed by atoms with E-state index in [4.69, 9.17) is 18.0 Å². The Bertz CT molecular complexity index is 231. The van der Waals surface area contributed by atoms with Gasteiger partial charge in [-0.15, -0.1) is 0 Å². The highest BCUT2D eigenvalue weighted by atomic mass is 32.1. The Kier molecular flexibility index (Phi) is 5.61. The van der Waals surface area contributed by atoms with E-state index in [2.05, 4.69) is 0 Å². The lowest BCUT2D eigenvalue weighted by molar-refractivity contribution is -0.130. The third-order valence-electron chi connectivity index (χ3n) is 2.77. The predicted octanol–water partition coefficient (Wildman–Crippen LogP) is 1.85. The second kappa shape index (κ2) is 6.77. The van der Waals surface area contributed by atoms with E-state index in [1.54, 1.807) is 0 Å². The van der Waals surface area contributed by atoms with E-state index in [0.29, 0.717) is 10.9 Å². The molecule has 0 aliphatic carbocycles. The van der Waals surface area contributed by atoms with Crippen molar-refractivity contribution in [2.75, 3.05) is 13.1 Å². The lowest BCUT2D eigenvalue weighted by atomic mass is 10.2. The maximum absolute atomic E-state index is 11.6. The van der Waals surface area contributed by atoms with Gasteiger partial charge in [-0.2, -0.15) is 0 Å². The van der Waals surface area contributed by atoms with E-state index in [0.717, 1.165) is 51.6 Å². The largest absolute Gasteiger partial charge is 0.393 e. The van der Waals surface area contributed by atoms with Gasteiger partial charge in [-0.1, -0.05) is 18.6 Å². The molecule has 4 heteroatoms. The summed E-state index contributed by atoms with van der Waals surface area (Å²) in [5.41, 5.74) is 5.41. The normalized spacial score (nSPS) is 17.6. The maximum atomic E-state index is 11.6. The lowest BCUT2D eigenvalue weighted by Gasteiger charge is -2.20. The summed E-state index contributed by atoms with van der Waals surface area (Å²) in [6.45, 7) is 1.81. The van der Waals surface area contributed by atoms with Gasteiger partial charge in [0, 0.05) is 19.5 Å². The number of hydrogen-bond donors (Lipinski definition) is 1. The summed E-state index contributed by atoms with van der Waals surface area (Å²) in [5.74, 6) is 0.322. The molecule has 1 amide bonds. The van der Waals surface area contributed by atoms with Gasteiger partial charge in [-0.3, -0.25) is 4.79 Å². The minimum Gasteiger partial charge on any atom is -0.393 e. The lowest BCUT2D eigenvalue weighted by Crippen LogP contribution is -2.31. The number of nitrogens with zero attached hydrogens (tertiary/aromatic N) is 1. The molecule has 1 fully saturated rings. The van der Waals surface area contributed by atoms with Gasteiger partial charge in [0.05, 0.1) is 4.99 Å². The molecule has 1 heterocycles. The third kappa shape index (κ3) is 5.11. The Morgan fingerprint density at radius 1 is 1.33 bits per heavy atom. The van der Waals surface area contributed by atoms with Crippen LogP contribution in [0.25, 0.3) is 0 Å². The Labute approximate surface area is 97.0 Å². The summed E-state index contributed by atoms with van der Waals surface area (Å²) < 4.78 is 0. The highest BCUT2D eigenvalue weighted by Crippen LogP contribution is 2.12. The van der Waals surface area contributed by atoms with Crippen LogP contribution in [0.15, 0.2) is 0 Å². The molecule has 0 aromatic rings. The van der Waals surface area contributed by atoms with E-state index >= 15 is 0 Å². The molecule has 0 aromatic carbocycles. The van der Waals surface area contributed by atoms with Crippen LogP contribution in [-0.2, 0) is 4.79 Å². The van der Waals surface area contributed by atoms with Gasteiger partial charge in [0.2, 0.25) is 5.91 Å². The molecule has 15 heavy (non-hydrogen) atoms. The molecule has 1 saturated heterocycles. The molecule has 0 aromatic heterocycles. The molecule has 3 nitrogen and oxygen atoms in total. The molecular weight excluding hydrogens is 208 g/mol. The highest BCUT2D eigenvalue weighted by Gasteiger charge is 2.15. The summed E-state index contributed by atoms with van der Waals surface area (Å²) >= 11 is 4.81. The van der Waals surface area contributed by atoms with Crippen LogP contribution in [0.1, 0.15) is 44.9 Å². The Balaban J connectivity index is 2.18. The number of hydrogen-bond acceptors (Lipinski definition) is 2. The zero-order valence-electron chi connectivity index (χ0n) is 9.21. The van der Waals surface area contributed by atoms with Crippen molar-refractivity contribution in [2.24, 2.45) is 5.73 Å². The molecular formula is C11H20N2OS.